The number of alkyl halides is 1. The Kier molecular flexibility index (Phi) is 4.16. The molecule has 98 valence electrons. The largest absolute Gasteiger partial charge is 0.453 e. The van der Waals surface area contributed by atoms with Crippen LogP contribution in [0.2, 0.25) is 5.02 Å². The zero-order valence-corrected chi connectivity index (χ0v) is 10.4. The van der Waals surface area contributed by atoms with E-state index < -0.39 is 24.5 Å². The Morgan fingerprint density at radius 3 is 2.67 bits per heavy atom. The minimum absolute atomic E-state index is 0.0149. The van der Waals surface area contributed by atoms with Gasteiger partial charge in [-0.05, 0) is 24.3 Å². The molecule has 4 nitrogen and oxygen atoms in total. The fourth-order valence-corrected chi connectivity index (χ4v) is 1.76. The summed E-state index contributed by atoms with van der Waals surface area (Å²) in [5, 5.41) is 0.513. The van der Waals surface area contributed by atoms with Crippen molar-refractivity contribution in [3.05, 3.63) is 34.9 Å². The number of halogens is 2. The Bertz CT molecular complexity index is 423. The molecule has 1 aliphatic heterocycles. The molecule has 0 spiro atoms. The lowest BCUT2D eigenvalue weighted by atomic mass is 10.2. The summed E-state index contributed by atoms with van der Waals surface area (Å²) < 4.78 is 28.4. The predicted octanol–water partition coefficient (Wildman–Crippen LogP) is 2.21. The number of carbonyl (C=O) groups excluding carboxylic acids is 1. The van der Waals surface area contributed by atoms with Crippen molar-refractivity contribution < 1.29 is 23.4 Å². The SMILES string of the molecule is COC1OC[C@@H](OC(=O)c2ccc(Cl)cc2)[C@@H]1F. The van der Waals surface area contributed by atoms with Crippen LogP contribution in [0, 0.1) is 0 Å². The Labute approximate surface area is 109 Å². The number of hydrogen-bond donors (Lipinski definition) is 0. The van der Waals surface area contributed by atoms with Crippen molar-refractivity contribution in [1.29, 1.82) is 0 Å². The summed E-state index contributed by atoms with van der Waals surface area (Å²) >= 11 is 5.70. The van der Waals surface area contributed by atoms with Gasteiger partial charge in [-0.2, -0.15) is 0 Å². The molecule has 1 saturated heterocycles. The van der Waals surface area contributed by atoms with Gasteiger partial charge in [0.05, 0.1) is 12.2 Å². The number of hydrogen-bond acceptors (Lipinski definition) is 4. The second-order valence-electron chi connectivity index (χ2n) is 3.83. The van der Waals surface area contributed by atoms with Gasteiger partial charge in [-0.3, -0.25) is 0 Å². The Morgan fingerprint density at radius 1 is 1.44 bits per heavy atom. The van der Waals surface area contributed by atoms with E-state index in [4.69, 9.17) is 25.8 Å². The second-order valence-corrected chi connectivity index (χ2v) is 4.27. The number of esters is 1. The van der Waals surface area contributed by atoms with Crippen LogP contribution in [0.5, 0.6) is 0 Å². The van der Waals surface area contributed by atoms with E-state index in [1.54, 1.807) is 12.1 Å². The van der Waals surface area contributed by atoms with Crippen molar-refractivity contribution in [3.8, 4) is 0 Å². The van der Waals surface area contributed by atoms with Crippen molar-refractivity contribution in [3.63, 3.8) is 0 Å². The summed E-state index contributed by atoms with van der Waals surface area (Å²) in [6.07, 6.45) is -3.41. The third kappa shape index (κ3) is 2.80. The second kappa shape index (κ2) is 5.65. The van der Waals surface area contributed by atoms with Crippen LogP contribution in [-0.4, -0.2) is 38.3 Å². The summed E-state index contributed by atoms with van der Waals surface area (Å²) in [7, 11) is 1.33. The van der Waals surface area contributed by atoms with Gasteiger partial charge in [0.2, 0.25) is 0 Å². The molecule has 1 unspecified atom stereocenters. The molecule has 0 radical (unpaired) electrons. The number of benzene rings is 1. The molecule has 1 aliphatic rings. The summed E-state index contributed by atoms with van der Waals surface area (Å²) in [6, 6.07) is 6.16. The lowest BCUT2D eigenvalue weighted by Crippen LogP contribution is -2.31. The average molecular weight is 275 g/mol. The fourth-order valence-electron chi connectivity index (χ4n) is 1.64. The molecule has 1 aromatic rings. The van der Waals surface area contributed by atoms with Crippen molar-refractivity contribution in [2.45, 2.75) is 18.6 Å². The maximum Gasteiger partial charge on any atom is 0.338 e. The maximum absolute atomic E-state index is 13.6. The van der Waals surface area contributed by atoms with Crippen LogP contribution >= 0.6 is 11.6 Å². The fraction of sp³-hybridized carbons (Fsp3) is 0.417. The van der Waals surface area contributed by atoms with E-state index in [-0.39, 0.29) is 6.61 Å². The number of ether oxygens (including phenoxy) is 3. The smallest absolute Gasteiger partial charge is 0.338 e. The minimum atomic E-state index is -1.48. The zero-order valence-electron chi connectivity index (χ0n) is 9.64. The number of rotatable bonds is 3. The highest BCUT2D eigenvalue weighted by molar-refractivity contribution is 6.30. The van der Waals surface area contributed by atoms with Crippen molar-refractivity contribution in [2.75, 3.05) is 13.7 Å². The number of methoxy groups -OCH3 is 1. The van der Waals surface area contributed by atoms with Crippen LogP contribution < -0.4 is 0 Å². The molecule has 1 aromatic carbocycles. The van der Waals surface area contributed by atoms with Crippen LogP contribution in [0.1, 0.15) is 10.4 Å². The highest BCUT2D eigenvalue weighted by atomic mass is 35.5. The molecule has 0 aromatic heterocycles. The van der Waals surface area contributed by atoms with Crippen LogP contribution in [0.4, 0.5) is 4.39 Å². The highest BCUT2D eigenvalue weighted by Gasteiger charge is 2.40. The van der Waals surface area contributed by atoms with E-state index in [9.17, 15) is 9.18 Å². The first-order valence-corrected chi connectivity index (χ1v) is 5.74. The highest BCUT2D eigenvalue weighted by Crippen LogP contribution is 2.22. The predicted molar refractivity (Wildman–Crippen MR) is 62.3 cm³/mol. The van der Waals surface area contributed by atoms with Gasteiger partial charge in [0.1, 0.15) is 0 Å². The van der Waals surface area contributed by atoms with E-state index in [0.717, 1.165) is 0 Å². The molecule has 2 rings (SSSR count). The lowest BCUT2D eigenvalue weighted by Gasteiger charge is -2.14. The quantitative estimate of drug-likeness (QED) is 0.793. The topological polar surface area (TPSA) is 44.8 Å². The van der Waals surface area contributed by atoms with Gasteiger partial charge in [-0.1, -0.05) is 11.6 Å². The van der Waals surface area contributed by atoms with Crippen LogP contribution in [0.3, 0.4) is 0 Å². The van der Waals surface area contributed by atoms with E-state index in [1.807, 2.05) is 0 Å². The molecular weight excluding hydrogens is 263 g/mol. The van der Waals surface area contributed by atoms with Crippen molar-refractivity contribution in [2.24, 2.45) is 0 Å². The van der Waals surface area contributed by atoms with Gasteiger partial charge in [-0.15, -0.1) is 0 Å². The first-order valence-electron chi connectivity index (χ1n) is 5.37. The first-order chi connectivity index (χ1) is 8.61. The molecule has 0 N–H and O–H groups in total. The molecule has 0 aliphatic carbocycles. The number of carbonyl (C=O) groups is 1. The van der Waals surface area contributed by atoms with Gasteiger partial charge in [0.25, 0.3) is 0 Å². The van der Waals surface area contributed by atoms with Gasteiger partial charge in [-0.25, -0.2) is 9.18 Å². The van der Waals surface area contributed by atoms with E-state index in [0.29, 0.717) is 10.6 Å². The maximum atomic E-state index is 13.6. The molecular formula is C12H12ClFO4. The van der Waals surface area contributed by atoms with Gasteiger partial charge >= 0.3 is 5.97 Å². The summed E-state index contributed by atoms with van der Waals surface area (Å²) in [4.78, 5) is 11.7. The summed E-state index contributed by atoms with van der Waals surface area (Å²) in [6.45, 7) is -0.0149. The monoisotopic (exact) mass is 274 g/mol. The van der Waals surface area contributed by atoms with E-state index >= 15 is 0 Å². The Morgan fingerprint density at radius 2 is 2.11 bits per heavy atom. The molecule has 3 atom stereocenters. The van der Waals surface area contributed by atoms with Crippen molar-refractivity contribution in [1.82, 2.24) is 0 Å². The van der Waals surface area contributed by atoms with Crippen LogP contribution in [0.15, 0.2) is 24.3 Å². The average Bonchev–Trinajstić information content (AvgIpc) is 2.71. The molecule has 18 heavy (non-hydrogen) atoms. The standard InChI is InChI=1S/C12H12ClFO4/c1-16-12-10(14)9(6-17-12)18-11(15)7-2-4-8(13)5-3-7/h2-5,9-10,12H,6H2,1H3/t9-,10+,12?/m1/s1. The van der Waals surface area contributed by atoms with Gasteiger partial charge in [0.15, 0.2) is 18.6 Å². The third-order valence-corrected chi connectivity index (χ3v) is 2.86. The third-order valence-electron chi connectivity index (χ3n) is 2.61. The minimum Gasteiger partial charge on any atom is -0.453 e. The normalized spacial score (nSPS) is 27.2. The summed E-state index contributed by atoms with van der Waals surface area (Å²) in [5.74, 6) is -0.611. The van der Waals surface area contributed by atoms with Crippen molar-refractivity contribution >= 4 is 17.6 Å². The van der Waals surface area contributed by atoms with Gasteiger partial charge < -0.3 is 14.2 Å². The van der Waals surface area contributed by atoms with E-state index in [1.165, 1.54) is 19.2 Å². The molecule has 1 fully saturated rings. The van der Waals surface area contributed by atoms with E-state index in [2.05, 4.69) is 0 Å². The molecule has 6 heteroatoms. The molecule has 1 heterocycles. The first kappa shape index (κ1) is 13.3. The molecule has 0 saturated carbocycles. The summed E-state index contributed by atoms with van der Waals surface area (Å²) in [5.41, 5.74) is 0.312. The Hall–Kier alpha value is -1.17. The Balaban J connectivity index is 1.98. The van der Waals surface area contributed by atoms with Crippen LogP contribution in [0.25, 0.3) is 0 Å². The van der Waals surface area contributed by atoms with Gasteiger partial charge in [0, 0.05) is 12.1 Å². The molecule has 0 bridgehead atoms. The molecule has 0 amide bonds. The lowest BCUT2D eigenvalue weighted by molar-refractivity contribution is -0.115. The van der Waals surface area contributed by atoms with Crippen LogP contribution in [-0.2, 0) is 14.2 Å². The zero-order chi connectivity index (χ0) is 13.1.